The monoisotopic (exact) mass is 291 g/mol. The molecule has 96 valence electrons. The SMILES string of the molecule is NC(=S)Cc1c(-c2cccs2)nc2ccc(F)cn12. The number of nitrogens with zero attached hydrogens (tertiary/aromatic N) is 2. The van der Waals surface area contributed by atoms with Crippen LogP contribution in [0, 0.1) is 5.82 Å². The van der Waals surface area contributed by atoms with Crippen molar-refractivity contribution in [1.29, 1.82) is 0 Å². The zero-order chi connectivity index (χ0) is 13.4. The lowest BCUT2D eigenvalue weighted by Crippen LogP contribution is -2.13. The van der Waals surface area contributed by atoms with Crippen LogP contribution in [0.15, 0.2) is 35.8 Å². The molecule has 0 saturated carbocycles. The highest BCUT2D eigenvalue weighted by atomic mass is 32.1. The number of rotatable bonds is 3. The van der Waals surface area contributed by atoms with Crippen molar-refractivity contribution in [2.24, 2.45) is 5.73 Å². The molecule has 0 fully saturated rings. The summed E-state index contributed by atoms with van der Waals surface area (Å²) in [5.41, 5.74) is 7.96. The van der Waals surface area contributed by atoms with Crippen molar-refractivity contribution in [3.8, 4) is 10.6 Å². The Kier molecular flexibility index (Phi) is 3.04. The second-order valence-electron chi connectivity index (χ2n) is 4.10. The summed E-state index contributed by atoms with van der Waals surface area (Å²) in [6, 6.07) is 6.97. The molecule has 3 aromatic heterocycles. The predicted octanol–water partition coefficient (Wildman–Crippen LogP) is 3.03. The first kappa shape index (κ1) is 12.3. The molecule has 0 unspecified atom stereocenters. The molecule has 3 rings (SSSR count). The molecule has 6 heteroatoms. The minimum absolute atomic E-state index is 0.313. The van der Waals surface area contributed by atoms with Crippen LogP contribution >= 0.6 is 23.6 Å². The van der Waals surface area contributed by atoms with Crippen LogP contribution in [0.25, 0.3) is 16.2 Å². The summed E-state index contributed by atoms with van der Waals surface area (Å²) >= 11 is 6.56. The molecule has 3 heterocycles. The normalized spacial score (nSPS) is 11.0. The van der Waals surface area contributed by atoms with E-state index < -0.39 is 0 Å². The molecule has 0 spiro atoms. The van der Waals surface area contributed by atoms with E-state index in [0.717, 1.165) is 16.3 Å². The maximum absolute atomic E-state index is 13.4. The van der Waals surface area contributed by atoms with Gasteiger partial charge in [-0.15, -0.1) is 11.3 Å². The first-order valence-electron chi connectivity index (χ1n) is 5.64. The van der Waals surface area contributed by atoms with Crippen LogP contribution in [0.2, 0.25) is 0 Å². The van der Waals surface area contributed by atoms with Gasteiger partial charge in [0.05, 0.1) is 15.6 Å². The minimum atomic E-state index is -0.313. The molecular formula is C13H10FN3S2. The molecule has 0 aromatic carbocycles. The van der Waals surface area contributed by atoms with Crippen LogP contribution in [-0.2, 0) is 6.42 Å². The Labute approximate surface area is 118 Å². The van der Waals surface area contributed by atoms with Crippen LogP contribution in [0.4, 0.5) is 4.39 Å². The number of thiocarbonyl (C=S) groups is 1. The van der Waals surface area contributed by atoms with Crippen LogP contribution in [-0.4, -0.2) is 14.4 Å². The first-order valence-corrected chi connectivity index (χ1v) is 6.92. The number of nitrogens with two attached hydrogens (primary N) is 1. The van der Waals surface area contributed by atoms with E-state index in [-0.39, 0.29) is 5.82 Å². The average Bonchev–Trinajstić information content (AvgIpc) is 2.97. The quantitative estimate of drug-likeness (QED) is 0.754. The van der Waals surface area contributed by atoms with E-state index in [1.807, 2.05) is 17.5 Å². The van der Waals surface area contributed by atoms with Crippen LogP contribution in [0.5, 0.6) is 0 Å². The molecule has 0 aliphatic carbocycles. The van der Waals surface area contributed by atoms with Crippen molar-refractivity contribution < 1.29 is 4.39 Å². The van der Waals surface area contributed by atoms with Gasteiger partial charge in [-0.1, -0.05) is 18.3 Å². The zero-order valence-corrected chi connectivity index (χ0v) is 11.5. The molecular weight excluding hydrogens is 281 g/mol. The fourth-order valence-electron chi connectivity index (χ4n) is 2.01. The van der Waals surface area contributed by atoms with Gasteiger partial charge in [-0.3, -0.25) is 0 Å². The second-order valence-corrected chi connectivity index (χ2v) is 5.58. The van der Waals surface area contributed by atoms with E-state index in [1.165, 1.54) is 12.3 Å². The third-order valence-electron chi connectivity index (χ3n) is 2.78. The number of thiophene rings is 1. The lowest BCUT2D eigenvalue weighted by molar-refractivity contribution is 0.618. The number of hydrogen-bond acceptors (Lipinski definition) is 3. The standard InChI is InChI=1S/C13H10FN3S2/c14-8-3-4-12-16-13(10-2-1-5-19-10)9(6-11(15)18)17(12)7-8/h1-5,7H,6H2,(H2,15,18). The van der Waals surface area contributed by atoms with Gasteiger partial charge in [0, 0.05) is 12.6 Å². The van der Waals surface area contributed by atoms with Crippen LogP contribution < -0.4 is 5.73 Å². The third kappa shape index (κ3) is 2.24. The van der Waals surface area contributed by atoms with Crippen molar-refractivity contribution in [2.75, 3.05) is 0 Å². The van der Waals surface area contributed by atoms with Crippen molar-refractivity contribution in [1.82, 2.24) is 9.38 Å². The summed E-state index contributed by atoms with van der Waals surface area (Å²) in [6.07, 6.45) is 1.81. The van der Waals surface area contributed by atoms with Gasteiger partial charge in [-0.05, 0) is 23.6 Å². The Morgan fingerprint density at radius 3 is 2.95 bits per heavy atom. The van der Waals surface area contributed by atoms with Gasteiger partial charge < -0.3 is 10.1 Å². The first-order chi connectivity index (χ1) is 9.15. The van der Waals surface area contributed by atoms with Gasteiger partial charge in [0.15, 0.2) is 0 Å². The number of halogens is 1. The van der Waals surface area contributed by atoms with Gasteiger partial charge >= 0.3 is 0 Å². The van der Waals surface area contributed by atoms with Crippen LogP contribution in [0.1, 0.15) is 5.69 Å². The topological polar surface area (TPSA) is 43.3 Å². The molecule has 0 aliphatic heterocycles. The fourth-order valence-corrected chi connectivity index (χ4v) is 2.88. The molecule has 0 amide bonds. The molecule has 19 heavy (non-hydrogen) atoms. The van der Waals surface area contributed by atoms with Gasteiger partial charge in [-0.2, -0.15) is 0 Å². The van der Waals surface area contributed by atoms with Crippen molar-refractivity contribution >= 4 is 34.2 Å². The molecule has 0 atom stereocenters. The Morgan fingerprint density at radius 2 is 2.26 bits per heavy atom. The van der Waals surface area contributed by atoms with E-state index in [4.69, 9.17) is 18.0 Å². The Balaban J connectivity index is 2.28. The predicted molar refractivity (Wildman–Crippen MR) is 79.0 cm³/mol. The van der Waals surface area contributed by atoms with Gasteiger partial charge in [0.2, 0.25) is 0 Å². The molecule has 0 bridgehead atoms. The summed E-state index contributed by atoms with van der Waals surface area (Å²) in [4.78, 5) is 5.93. The maximum Gasteiger partial charge on any atom is 0.139 e. The molecule has 2 N–H and O–H groups in total. The van der Waals surface area contributed by atoms with E-state index in [0.29, 0.717) is 17.1 Å². The van der Waals surface area contributed by atoms with Crippen molar-refractivity contribution in [3.05, 3.63) is 47.4 Å². The molecule has 3 nitrogen and oxygen atoms in total. The van der Waals surface area contributed by atoms with Crippen molar-refractivity contribution in [3.63, 3.8) is 0 Å². The van der Waals surface area contributed by atoms with E-state index in [9.17, 15) is 4.39 Å². The molecule has 0 aliphatic rings. The number of pyridine rings is 1. The van der Waals surface area contributed by atoms with E-state index in [1.54, 1.807) is 21.8 Å². The summed E-state index contributed by atoms with van der Waals surface area (Å²) in [5, 5.41) is 1.98. The largest absolute Gasteiger partial charge is 0.393 e. The molecule has 0 radical (unpaired) electrons. The Hall–Kier alpha value is -1.79. The third-order valence-corrected chi connectivity index (χ3v) is 3.80. The highest BCUT2D eigenvalue weighted by Crippen LogP contribution is 2.28. The lowest BCUT2D eigenvalue weighted by atomic mass is 10.2. The van der Waals surface area contributed by atoms with Gasteiger partial charge in [-0.25, -0.2) is 9.37 Å². The average molecular weight is 291 g/mol. The lowest BCUT2D eigenvalue weighted by Gasteiger charge is -2.02. The van der Waals surface area contributed by atoms with Crippen molar-refractivity contribution in [2.45, 2.75) is 6.42 Å². The van der Waals surface area contributed by atoms with Gasteiger partial charge in [0.25, 0.3) is 0 Å². The fraction of sp³-hybridized carbons (Fsp3) is 0.0769. The molecule has 0 saturated heterocycles. The summed E-state index contributed by atoms with van der Waals surface area (Å²) in [7, 11) is 0. The highest BCUT2D eigenvalue weighted by Gasteiger charge is 2.15. The Bertz CT molecular complexity index is 747. The van der Waals surface area contributed by atoms with E-state index in [2.05, 4.69) is 4.98 Å². The summed E-state index contributed by atoms with van der Waals surface area (Å²) < 4.78 is 15.1. The highest BCUT2D eigenvalue weighted by molar-refractivity contribution is 7.80. The van der Waals surface area contributed by atoms with Gasteiger partial charge in [0.1, 0.15) is 17.2 Å². The summed E-state index contributed by atoms with van der Waals surface area (Å²) in [6.45, 7) is 0. The smallest absolute Gasteiger partial charge is 0.139 e. The second kappa shape index (κ2) is 4.71. The van der Waals surface area contributed by atoms with Crippen LogP contribution in [0.3, 0.4) is 0 Å². The minimum Gasteiger partial charge on any atom is -0.393 e. The van der Waals surface area contributed by atoms with E-state index >= 15 is 0 Å². The Morgan fingerprint density at radius 1 is 1.42 bits per heavy atom. The number of imidazole rings is 1. The summed E-state index contributed by atoms with van der Waals surface area (Å²) in [5.74, 6) is -0.313. The zero-order valence-electron chi connectivity index (χ0n) is 9.84. The molecule has 3 aromatic rings. The number of aromatic nitrogens is 2. The maximum atomic E-state index is 13.4. The number of hydrogen-bond donors (Lipinski definition) is 1. The number of fused-ring (bicyclic) bond motifs is 1.